The largest absolute Gasteiger partial charge is 0.480 e. The Morgan fingerprint density at radius 3 is 1.82 bits per heavy atom. The topological polar surface area (TPSA) is 94.9 Å². The third kappa shape index (κ3) is 5.28. The standard InChI is InChI=1S/C32H43NO5/c1-8-31(9-2,25-13-15-27(21(4)19-25)29(35)33(7)23(6)30(36)37)24-12-14-26(20(3)18-24)28(34)22(5)32(38)16-10-11-17-32/h12-15,18-19,22-23,38H,8-11,16-17H2,1-7H3,(H,36,37). The molecule has 1 aliphatic rings. The summed E-state index contributed by atoms with van der Waals surface area (Å²) in [4.78, 5) is 39.0. The van der Waals surface area contributed by atoms with Crippen LogP contribution in [0.3, 0.4) is 0 Å². The maximum absolute atomic E-state index is 13.4. The van der Waals surface area contributed by atoms with E-state index in [1.165, 1.54) is 18.9 Å². The van der Waals surface area contributed by atoms with Gasteiger partial charge >= 0.3 is 5.97 Å². The zero-order valence-corrected chi connectivity index (χ0v) is 23.9. The van der Waals surface area contributed by atoms with Gasteiger partial charge in [0.2, 0.25) is 0 Å². The van der Waals surface area contributed by atoms with Crippen LogP contribution in [0.1, 0.15) is 109 Å². The van der Waals surface area contributed by atoms with Crippen LogP contribution in [0, 0.1) is 19.8 Å². The molecular formula is C32H43NO5. The molecule has 1 saturated carbocycles. The molecule has 3 rings (SSSR count). The molecule has 38 heavy (non-hydrogen) atoms. The van der Waals surface area contributed by atoms with E-state index in [0.717, 1.165) is 47.9 Å². The van der Waals surface area contributed by atoms with Gasteiger partial charge in [0.05, 0.1) is 5.60 Å². The van der Waals surface area contributed by atoms with Gasteiger partial charge < -0.3 is 15.1 Å². The second kappa shape index (κ2) is 11.4. The van der Waals surface area contributed by atoms with Crippen LogP contribution in [0.2, 0.25) is 0 Å². The van der Waals surface area contributed by atoms with E-state index in [0.29, 0.717) is 24.0 Å². The Morgan fingerprint density at radius 2 is 1.39 bits per heavy atom. The molecule has 0 bridgehead atoms. The first-order valence-corrected chi connectivity index (χ1v) is 13.8. The van der Waals surface area contributed by atoms with Crippen molar-refractivity contribution >= 4 is 17.7 Å². The summed E-state index contributed by atoms with van der Waals surface area (Å²) in [6.07, 6.45) is 4.92. The quantitative estimate of drug-likeness (QED) is 0.370. The van der Waals surface area contributed by atoms with Crippen molar-refractivity contribution in [1.29, 1.82) is 0 Å². The number of nitrogens with zero attached hydrogens (tertiary/aromatic N) is 1. The minimum Gasteiger partial charge on any atom is -0.480 e. The Kier molecular flexibility index (Phi) is 8.87. The molecule has 6 nitrogen and oxygen atoms in total. The number of aliphatic carboxylic acids is 1. The third-order valence-corrected chi connectivity index (χ3v) is 9.19. The Hall–Kier alpha value is -2.99. The van der Waals surface area contributed by atoms with E-state index in [2.05, 4.69) is 19.9 Å². The number of benzene rings is 2. The first-order chi connectivity index (χ1) is 17.8. The predicted molar refractivity (Wildman–Crippen MR) is 150 cm³/mol. The number of aliphatic hydroxyl groups is 1. The van der Waals surface area contributed by atoms with E-state index in [-0.39, 0.29) is 17.1 Å². The molecule has 0 saturated heterocycles. The molecule has 206 valence electrons. The number of Topliss-reactive ketones (excluding diaryl/α,β-unsaturated/α-hetero) is 1. The van der Waals surface area contributed by atoms with Crippen LogP contribution < -0.4 is 0 Å². The van der Waals surface area contributed by atoms with Crippen LogP contribution in [0.15, 0.2) is 36.4 Å². The number of ketones is 1. The first-order valence-electron chi connectivity index (χ1n) is 13.8. The fraction of sp³-hybridized carbons (Fsp3) is 0.531. The lowest BCUT2D eigenvalue weighted by atomic mass is 9.69. The monoisotopic (exact) mass is 521 g/mol. The first kappa shape index (κ1) is 29.6. The van der Waals surface area contributed by atoms with Gasteiger partial charge in [0, 0.05) is 29.5 Å². The number of amides is 1. The molecule has 0 radical (unpaired) electrons. The van der Waals surface area contributed by atoms with Crippen LogP contribution in [-0.4, -0.2) is 51.5 Å². The highest BCUT2D eigenvalue weighted by atomic mass is 16.4. The van der Waals surface area contributed by atoms with Gasteiger partial charge in [0.25, 0.3) is 5.91 Å². The zero-order valence-electron chi connectivity index (χ0n) is 23.9. The number of carbonyl (C=O) groups is 3. The molecule has 0 aliphatic heterocycles. The average Bonchev–Trinajstić information content (AvgIpc) is 3.35. The number of hydrogen-bond acceptors (Lipinski definition) is 4. The van der Waals surface area contributed by atoms with Crippen molar-refractivity contribution < 1.29 is 24.6 Å². The fourth-order valence-electron chi connectivity index (χ4n) is 6.10. The molecule has 6 heteroatoms. The summed E-state index contributed by atoms with van der Waals surface area (Å²) in [5, 5.41) is 20.3. The van der Waals surface area contributed by atoms with Crippen molar-refractivity contribution in [3.63, 3.8) is 0 Å². The van der Waals surface area contributed by atoms with Gasteiger partial charge in [0.15, 0.2) is 5.78 Å². The van der Waals surface area contributed by atoms with Crippen molar-refractivity contribution in [2.24, 2.45) is 5.92 Å². The van der Waals surface area contributed by atoms with E-state index in [9.17, 15) is 24.6 Å². The summed E-state index contributed by atoms with van der Waals surface area (Å²) in [6, 6.07) is 10.9. The second-order valence-corrected chi connectivity index (χ2v) is 11.2. The molecule has 0 heterocycles. The number of carboxylic acids is 1. The summed E-state index contributed by atoms with van der Waals surface area (Å²) in [6.45, 7) is 11.5. The van der Waals surface area contributed by atoms with Gasteiger partial charge in [-0.25, -0.2) is 4.79 Å². The van der Waals surface area contributed by atoms with E-state index in [1.54, 1.807) is 6.07 Å². The van der Waals surface area contributed by atoms with Crippen molar-refractivity contribution in [2.45, 2.75) is 97.1 Å². The molecule has 0 spiro atoms. The predicted octanol–water partition coefficient (Wildman–Crippen LogP) is 6.08. The number of carbonyl (C=O) groups excluding carboxylic acids is 2. The highest BCUT2D eigenvalue weighted by Crippen LogP contribution is 2.41. The normalized spacial score (nSPS) is 16.6. The molecular weight excluding hydrogens is 478 g/mol. The fourth-order valence-corrected chi connectivity index (χ4v) is 6.10. The van der Waals surface area contributed by atoms with Gasteiger partial charge in [-0.2, -0.15) is 0 Å². The van der Waals surface area contributed by atoms with Crippen molar-refractivity contribution in [3.8, 4) is 0 Å². The highest BCUT2D eigenvalue weighted by molar-refractivity contribution is 6.00. The molecule has 1 fully saturated rings. The van der Waals surface area contributed by atoms with E-state index < -0.39 is 23.5 Å². The van der Waals surface area contributed by atoms with Gasteiger partial charge in [0.1, 0.15) is 6.04 Å². The molecule has 2 aromatic rings. The summed E-state index contributed by atoms with van der Waals surface area (Å²) in [5.74, 6) is -1.81. The van der Waals surface area contributed by atoms with Crippen molar-refractivity contribution in [2.75, 3.05) is 7.05 Å². The van der Waals surface area contributed by atoms with Crippen LogP contribution in [-0.2, 0) is 10.2 Å². The SMILES string of the molecule is CCC(CC)(c1ccc(C(=O)C(C)C2(O)CCCC2)c(C)c1)c1ccc(C(=O)N(C)C(C)C(=O)O)c(C)c1. The Morgan fingerprint density at radius 1 is 0.921 bits per heavy atom. The van der Waals surface area contributed by atoms with Gasteiger partial charge in [-0.15, -0.1) is 0 Å². The average molecular weight is 522 g/mol. The molecule has 2 aromatic carbocycles. The molecule has 1 aliphatic carbocycles. The van der Waals surface area contributed by atoms with Gasteiger partial charge in [-0.3, -0.25) is 9.59 Å². The summed E-state index contributed by atoms with van der Waals surface area (Å²) < 4.78 is 0. The van der Waals surface area contributed by atoms with Crippen molar-refractivity contribution in [1.82, 2.24) is 4.90 Å². The van der Waals surface area contributed by atoms with E-state index in [4.69, 9.17) is 0 Å². The van der Waals surface area contributed by atoms with Crippen LogP contribution in [0.4, 0.5) is 0 Å². The van der Waals surface area contributed by atoms with Gasteiger partial charge in [-0.05, 0) is 74.8 Å². The Labute approximate surface area is 227 Å². The lowest BCUT2D eigenvalue weighted by Crippen LogP contribution is -2.40. The Balaban J connectivity index is 1.97. The second-order valence-electron chi connectivity index (χ2n) is 11.2. The number of carboxylic acid groups (broad SMARTS) is 1. The van der Waals surface area contributed by atoms with Crippen molar-refractivity contribution in [3.05, 3.63) is 69.8 Å². The molecule has 2 N–H and O–H groups in total. The highest BCUT2D eigenvalue weighted by Gasteiger charge is 2.41. The van der Waals surface area contributed by atoms with E-state index in [1.807, 2.05) is 45.0 Å². The number of hydrogen-bond donors (Lipinski definition) is 2. The number of likely N-dealkylation sites (N-methyl/N-ethyl adjacent to an activating group) is 1. The zero-order chi connectivity index (χ0) is 28.4. The minimum atomic E-state index is -1.05. The van der Waals surface area contributed by atoms with Crippen LogP contribution >= 0.6 is 0 Å². The third-order valence-electron chi connectivity index (χ3n) is 9.19. The lowest BCUT2D eigenvalue weighted by Gasteiger charge is -2.35. The lowest BCUT2D eigenvalue weighted by molar-refractivity contribution is -0.141. The molecule has 0 aromatic heterocycles. The smallest absolute Gasteiger partial charge is 0.326 e. The van der Waals surface area contributed by atoms with Gasteiger partial charge in [-0.1, -0.05) is 63.9 Å². The maximum atomic E-state index is 13.4. The molecule has 2 atom stereocenters. The van der Waals surface area contributed by atoms with Crippen LogP contribution in [0.5, 0.6) is 0 Å². The van der Waals surface area contributed by atoms with E-state index >= 15 is 0 Å². The summed E-state index contributed by atoms with van der Waals surface area (Å²) in [7, 11) is 1.51. The molecule has 1 amide bonds. The maximum Gasteiger partial charge on any atom is 0.326 e. The van der Waals surface area contributed by atoms with Crippen LogP contribution in [0.25, 0.3) is 0 Å². The minimum absolute atomic E-state index is 0.00420. The number of aryl methyl sites for hydroxylation is 2. The molecule has 2 unspecified atom stereocenters. The Bertz CT molecular complexity index is 1210. The number of rotatable bonds is 10. The summed E-state index contributed by atoms with van der Waals surface area (Å²) in [5.41, 5.74) is 3.82. The summed E-state index contributed by atoms with van der Waals surface area (Å²) >= 11 is 0.